The van der Waals surface area contributed by atoms with E-state index < -0.39 is 23.6 Å². The SMILES string of the molecule is COc1ccc(/C=C2\SC(=O)N(CC(N)=O)C2=O)cc1Cl. The number of carbonyl (C=O) groups is 3. The van der Waals surface area contributed by atoms with E-state index in [1.165, 1.54) is 13.2 Å². The zero-order chi connectivity index (χ0) is 15.6. The largest absolute Gasteiger partial charge is 0.495 e. The Labute approximate surface area is 129 Å². The third-order valence-corrected chi connectivity index (χ3v) is 3.86. The van der Waals surface area contributed by atoms with Gasteiger partial charge in [0.15, 0.2) is 0 Å². The van der Waals surface area contributed by atoms with Crippen molar-refractivity contribution in [2.24, 2.45) is 5.73 Å². The zero-order valence-electron chi connectivity index (χ0n) is 11.0. The molecule has 1 saturated heterocycles. The van der Waals surface area contributed by atoms with Crippen LogP contribution in [0.4, 0.5) is 4.79 Å². The number of thioether (sulfide) groups is 1. The lowest BCUT2D eigenvalue weighted by molar-refractivity contribution is -0.127. The van der Waals surface area contributed by atoms with Crippen LogP contribution in [0.25, 0.3) is 6.08 Å². The summed E-state index contributed by atoms with van der Waals surface area (Å²) >= 11 is 6.74. The molecule has 0 aliphatic carbocycles. The molecule has 1 fully saturated rings. The number of carbonyl (C=O) groups excluding carboxylic acids is 3. The second-order valence-electron chi connectivity index (χ2n) is 4.13. The van der Waals surface area contributed by atoms with Crippen LogP contribution in [0.3, 0.4) is 0 Å². The van der Waals surface area contributed by atoms with Gasteiger partial charge >= 0.3 is 0 Å². The highest BCUT2D eigenvalue weighted by atomic mass is 35.5. The van der Waals surface area contributed by atoms with Gasteiger partial charge in [-0.05, 0) is 35.5 Å². The van der Waals surface area contributed by atoms with Crippen LogP contribution in [-0.2, 0) is 9.59 Å². The van der Waals surface area contributed by atoms with E-state index in [1.807, 2.05) is 0 Å². The minimum Gasteiger partial charge on any atom is -0.495 e. The van der Waals surface area contributed by atoms with Crippen molar-refractivity contribution in [3.8, 4) is 5.75 Å². The first kappa shape index (κ1) is 15.4. The smallest absolute Gasteiger partial charge is 0.294 e. The molecule has 0 bridgehead atoms. The van der Waals surface area contributed by atoms with Crippen LogP contribution in [-0.4, -0.2) is 35.6 Å². The van der Waals surface area contributed by atoms with Crippen molar-refractivity contribution >= 4 is 46.5 Å². The lowest BCUT2D eigenvalue weighted by Gasteiger charge is -2.08. The first-order valence-electron chi connectivity index (χ1n) is 5.79. The predicted molar refractivity (Wildman–Crippen MR) is 79.9 cm³/mol. The number of nitrogens with two attached hydrogens (primary N) is 1. The number of nitrogens with zero attached hydrogens (tertiary/aromatic N) is 1. The van der Waals surface area contributed by atoms with E-state index in [-0.39, 0.29) is 4.91 Å². The quantitative estimate of drug-likeness (QED) is 0.853. The van der Waals surface area contributed by atoms with Gasteiger partial charge in [-0.3, -0.25) is 19.3 Å². The zero-order valence-corrected chi connectivity index (χ0v) is 12.5. The molecule has 1 aliphatic rings. The number of primary amides is 1. The monoisotopic (exact) mass is 326 g/mol. The van der Waals surface area contributed by atoms with E-state index in [1.54, 1.807) is 18.2 Å². The van der Waals surface area contributed by atoms with Crippen LogP contribution in [0.1, 0.15) is 5.56 Å². The van der Waals surface area contributed by atoms with E-state index in [0.717, 1.165) is 16.7 Å². The molecule has 0 unspecified atom stereocenters. The number of rotatable bonds is 4. The van der Waals surface area contributed by atoms with E-state index in [4.69, 9.17) is 22.1 Å². The molecule has 6 nitrogen and oxygen atoms in total. The predicted octanol–water partition coefficient (Wildman–Crippen LogP) is 1.87. The summed E-state index contributed by atoms with van der Waals surface area (Å²) in [7, 11) is 1.50. The van der Waals surface area contributed by atoms with Crippen molar-refractivity contribution in [2.45, 2.75) is 0 Å². The third kappa shape index (κ3) is 3.37. The van der Waals surface area contributed by atoms with E-state index in [0.29, 0.717) is 16.3 Å². The maximum Gasteiger partial charge on any atom is 0.294 e. The standard InChI is InChI=1S/C13H11ClN2O4S/c1-20-9-3-2-7(4-8(9)14)5-10-12(18)16(6-11(15)17)13(19)21-10/h2-5H,6H2,1H3,(H2,15,17)/b10-5-. The molecule has 1 heterocycles. The normalized spacial score (nSPS) is 16.7. The second kappa shape index (κ2) is 6.19. The van der Waals surface area contributed by atoms with Crippen LogP contribution in [0, 0.1) is 0 Å². The summed E-state index contributed by atoms with van der Waals surface area (Å²) in [4.78, 5) is 35.5. The Bertz CT molecular complexity index is 660. The van der Waals surface area contributed by atoms with Gasteiger partial charge in [0, 0.05) is 0 Å². The van der Waals surface area contributed by atoms with E-state index >= 15 is 0 Å². The number of hydrogen-bond acceptors (Lipinski definition) is 5. The van der Waals surface area contributed by atoms with Crippen molar-refractivity contribution in [1.29, 1.82) is 0 Å². The molecule has 2 N–H and O–H groups in total. The summed E-state index contributed by atoms with van der Waals surface area (Å²) in [6, 6.07) is 4.97. The van der Waals surface area contributed by atoms with Gasteiger partial charge in [0.2, 0.25) is 5.91 Å². The maximum absolute atomic E-state index is 12.0. The lowest BCUT2D eigenvalue weighted by atomic mass is 10.2. The highest BCUT2D eigenvalue weighted by molar-refractivity contribution is 8.18. The van der Waals surface area contributed by atoms with Gasteiger partial charge in [-0.15, -0.1) is 0 Å². The summed E-state index contributed by atoms with van der Waals surface area (Å²) in [6.07, 6.45) is 1.53. The Morgan fingerprint density at radius 1 is 1.48 bits per heavy atom. The van der Waals surface area contributed by atoms with Crippen molar-refractivity contribution in [3.63, 3.8) is 0 Å². The summed E-state index contributed by atoms with van der Waals surface area (Å²) < 4.78 is 5.03. The minimum atomic E-state index is -0.744. The van der Waals surface area contributed by atoms with E-state index in [2.05, 4.69) is 0 Å². The van der Waals surface area contributed by atoms with Gasteiger partial charge in [0.05, 0.1) is 17.0 Å². The van der Waals surface area contributed by atoms with Gasteiger partial charge in [-0.1, -0.05) is 17.7 Å². The Morgan fingerprint density at radius 3 is 2.76 bits per heavy atom. The molecular weight excluding hydrogens is 316 g/mol. The molecule has 1 aromatic rings. The van der Waals surface area contributed by atoms with Crippen molar-refractivity contribution < 1.29 is 19.1 Å². The molecule has 0 aromatic heterocycles. The lowest BCUT2D eigenvalue weighted by Crippen LogP contribution is -2.36. The molecule has 0 spiro atoms. The number of ether oxygens (including phenoxy) is 1. The molecule has 1 aliphatic heterocycles. The molecular formula is C13H11ClN2O4S. The molecule has 8 heteroatoms. The Balaban J connectivity index is 2.26. The fourth-order valence-corrected chi connectivity index (χ4v) is 2.82. The van der Waals surface area contributed by atoms with Gasteiger partial charge in [-0.2, -0.15) is 0 Å². The van der Waals surface area contributed by atoms with Crippen molar-refractivity contribution in [3.05, 3.63) is 33.7 Å². The van der Waals surface area contributed by atoms with Crippen molar-refractivity contribution in [2.75, 3.05) is 13.7 Å². The number of hydrogen-bond donors (Lipinski definition) is 1. The van der Waals surface area contributed by atoms with Crippen LogP contribution >= 0.6 is 23.4 Å². The van der Waals surface area contributed by atoms with Gasteiger partial charge in [-0.25, -0.2) is 0 Å². The summed E-state index contributed by atoms with van der Waals surface area (Å²) in [5.74, 6) is -0.780. The Hall–Kier alpha value is -1.99. The second-order valence-corrected chi connectivity index (χ2v) is 5.53. The highest BCUT2D eigenvalue weighted by Gasteiger charge is 2.35. The van der Waals surface area contributed by atoms with Gasteiger partial charge in [0.25, 0.3) is 11.1 Å². The summed E-state index contributed by atoms with van der Waals surface area (Å²) in [6.45, 7) is -0.425. The number of benzene rings is 1. The van der Waals surface area contributed by atoms with Crippen molar-refractivity contribution in [1.82, 2.24) is 4.90 Å². The minimum absolute atomic E-state index is 0.211. The molecule has 0 radical (unpaired) electrons. The van der Waals surface area contributed by atoms with Crippen LogP contribution in [0.2, 0.25) is 5.02 Å². The molecule has 3 amide bonds. The highest BCUT2D eigenvalue weighted by Crippen LogP contribution is 2.33. The molecule has 2 rings (SSSR count). The fraction of sp³-hybridized carbons (Fsp3) is 0.154. The first-order chi connectivity index (χ1) is 9.92. The number of amides is 3. The average molecular weight is 327 g/mol. The van der Waals surface area contributed by atoms with Crippen LogP contribution < -0.4 is 10.5 Å². The number of halogens is 1. The third-order valence-electron chi connectivity index (χ3n) is 2.66. The molecule has 110 valence electrons. The number of imide groups is 1. The Kier molecular flexibility index (Phi) is 4.54. The van der Waals surface area contributed by atoms with Crippen LogP contribution in [0.5, 0.6) is 5.75 Å². The molecule has 0 atom stereocenters. The van der Waals surface area contributed by atoms with E-state index in [9.17, 15) is 14.4 Å². The molecule has 1 aromatic carbocycles. The average Bonchev–Trinajstić information content (AvgIpc) is 2.66. The number of methoxy groups -OCH3 is 1. The summed E-state index contributed by atoms with van der Waals surface area (Å²) in [5.41, 5.74) is 5.65. The van der Waals surface area contributed by atoms with Crippen LogP contribution in [0.15, 0.2) is 23.1 Å². The Morgan fingerprint density at radius 2 is 2.19 bits per heavy atom. The molecule has 0 saturated carbocycles. The maximum atomic E-state index is 12.0. The topological polar surface area (TPSA) is 89.7 Å². The van der Waals surface area contributed by atoms with Gasteiger partial charge in [0.1, 0.15) is 12.3 Å². The fourth-order valence-electron chi connectivity index (χ4n) is 1.72. The first-order valence-corrected chi connectivity index (χ1v) is 6.99. The molecule has 21 heavy (non-hydrogen) atoms. The van der Waals surface area contributed by atoms with Gasteiger partial charge < -0.3 is 10.5 Å². The summed E-state index contributed by atoms with van der Waals surface area (Å²) in [5, 5.41) is -0.132.